The van der Waals surface area contributed by atoms with Crippen LogP contribution in [-0.2, 0) is 0 Å². The number of methoxy groups -OCH3 is 2. The highest BCUT2D eigenvalue weighted by Crippen LogP contribution is 2.42. The van der Waals surface area contributed by atoms with Gasteiger partial charge in [-0.25, -0.2) is 9.97 Å². The van der Waals surface area contributed by atoms with Gasteiger partial charge in [-0.2, -0.15) is 4.98 Å². The second-order valence-corrected chi connectivity index (χ2v) is 5.23. The Balaban J connectivity index is 2.07. The standard InChI is InChI=1S/C16H17N3O3/c1-9-18-14(10-4-5-10)13(16(19-9)22-3)15(20)12-7-6-11(21-2)8-17-12/h6-8,10H,4-5H2,1-3H3. The summed E-state index contributed by atoms with van der Waals surface area (Å²) in [4.78, 5) is 25.7. The van der Waals surface area contributed by atoms with Crippen molar-refractivity contribution in [2.45, 2.75) is 25.7 Å². The third kappa shape index (κ3) is 2.64. The number of rotatable bonds is 5. The van der Waals surface area contributed by atoms with Crippen LogP contribution in [0, 0.1) is 6.92 Å². The summed E-state index contributed by atoms with van der Waals surface area (Å²) in [5.41, 5.74) is 1.52. The average molecular weight is 299 g/mol. The van der Waals surface area contributed by atoms with Crippen molar-refractivity contribution in [1.29, 1.82) is 0 Å². The summed E-state index contributed by atoms with van der Waals surface area (Å²) in [6, 6.07) is 3.34. The molecule has 0 spiro atoms. The molecule has 114 valence electrons. The fraction of sp³-hybridized carbons (Fsp3) is 0.375. The highest BCUT2D eigenvalue weighted by Gasteiger charge is 2.33. The maximum Gasteiger partial charge on any atom is 0.228 e. The van der Waals surface area contributed by atoms with E-state index in [4.69, 9.17) is 9.47 Å². The van der Waals surface area contributed by atoms with E-state index in [9.17, 15) is 4.79 Å². The third-order valence-corrected chi connectivity index (χ3v) is 3.60. The maximum absolute atomic E-state index is 12.8. The molecule has 1 saturated carbocycles. The molecule has 0 saturated heterocycles. The minimum atomic E-state index is -0.221. The number of hydrogen-bond acceptors (Lipinski definition) is 6. The van der Waals surface area contributed by atoms with Crippen molar-refractivity contribution in [2.75, 3.05) is 14.2 Å². The van der Waals surface area contributed by atoms with Crippen molar-refractivity contribution < 1.29 is 14.3 Å². The van der Waals surface area contributed by atoms with Crippen LogP contribution >= 0.6 is 0 Å². The molecule has 0 bridgehead atoms. The van der Waals surface area contributed by atoms with Crippen LogP contribution in [-0.4, -0.2) is 35.0 Å². The van der Waals surface area contributed by atoms with E-state index < -0.39 is 0 Å². The minimum Gasteiger partial charge on any atom is -0.495 e. The van der Waals surface area contributed by atoms with Crippen molar-refractivity contribution in [1.82, 2.24) is 15.0 Å². The first-order valence-electron chi connectivity index (χ1n) is 7.11. The van der Waals surface area contributed by atoms with E-state index in [1.807, 2.05) is 0 Å². The first-order valence-corrected chi connectivity index (χ1v) is 7.11. The van der Waals surface area contributed by atoms with Crippen LogP contribution in [0.25, 0.3) is 0 Å². The largest absolute Gasteiger partial charge is 0.495 e. The SMILES string of the molecule is COc1ccc(C(=O)c2c(OC)nc(C)nc2C2CC2)nc1. The molecule has 1 fully saturated rings. The molecule has 6 heteroatoms. The van der Waals surface area contributed by atoms with Gasteiger partial charge in [0.1, 0.15) is 22.8 Å². The van der Waals surface area contributed by atoms with Crippen LogP contribution in [0.4, 0.5) is 0 Å². The highest BCUT2D eigenvalue weighted by atomic mass is 16.5. The molecule has 2 aromatic rings. The Morgan fingerprint density at radius 1 is 1.18 bits per heavy atom. The van der Waals surface area contributed by atoms with E-state index in [-0.39, 0.29) is 5.78 Å². The Kier molecular flexibility index (Phi) is 3.75. The minimum absolute atomic E-state index is 0.221. The Morgan fingerprint density at radius 2 is 1.95 bits per heavy atom. The molecule has 0 aliphatic heterocycles. The van der Waals surface area contributed by atoms with Gasteiger partial charge in [0.25, 0.3) is 0 Å². The first kappa shape index (κ1) is 14.4. The van der Waals surface area contributed by atoms with Gasteiger partial charge in [-0.1, -0.05) is 0 Å². The third-order valence-electron chi connectivity index (χ3n) is 3.60. The number of ketones is 1. The molecule has 2 aromatic heterocycles. The van der Waals surface area contributed by atoms with Gasteiger partial charge in [-0.3, -0.25) is 4.79 Å². The van der Waals surface area contributed by atoms with Crippen LogP contribution in [0.15, 0.2) is 18.3 Å². The Labute approximate surface area is 128 Å². The summed E-state index contributed by atoms with van der Waals surface area (Å²) in [5, 5.41) is 0. The summed E-state index contributed by atoms with van der Waals surface area (Å²) in [6.07, 6.45) is 3.59. The van der Waals surface area contributed by atoms with Crippen LogP contribution in [0.1, 0.15) is 46.3 Å². The zero-order valence-electron chi connectivity index (χ0n) is 12.8. The zero-order chi connectivity index (χ0) is 15.7. The molecule has 22 heavy (non-hydrogen) atoms. The molecular formula is C16H17N3O3. The molecule has 0 aromatic carbocycles. The van der Waals surface area contributed by atoms with Gasteiger partial charge < -0.3 is 9.47 Å². The lowest BCUT2D eigenvalue weighted by atomic mass is 10.0. The first-order chi connectivity index (χ1) is 10.6. The Hall–Kier alpha value is -2.50. The Bertz CT molecular complexity index is 709. The number of hydrogen-bond donors (Lipinski definition) is 0. The molecular weight excluding hydrogens is 282 g/mol. The van der Waals surface area contributed by atoms with Crippen molar-refractivity contribution in [3.63, 3.8) is 0 Å². The van der Waals surface area contributed by atoms with Gasteiger partial charge in [-0.15, -0.1) is 0 Å². The van der Waals surface area contributed by atoms with Gasteiger partial charge in [-0.05, 0) is 31.9 Å². The fourth-order valence-corrected chi connectivity index (χ4v) is 2.34. The fourth-order valence-electron chi connectivity index (χ4n) is 2.34. The summed E-state index contributed by atoms with van der Waals surface area (Å²) < 4.78 is 10.4. The summed E-state index contributed by atoms with van der Waals surface area (Å²) in [6.45, 7) is 1.80. The molecule has 0 radical (unpaired) electrons. The monoisotopic (exact) mass is 299 g/mol. The van der Waals surface area contributed by atoms with E-state index in [0.29, 0.717) is 34.6 Å². The zero-order valence-corrected chi connectivity index (χ0v) is 12.8. The summed E-state index contributed by atoms with van der Waals surface area (Å²) >= 11 is 0. The van der Waals surface area contributed by atoms with Crippen LogP contribution in [0.2, 0.25) is 0 Å². The molecule has 0 amide bonds. The second-order valence-electron chi connectivity index (χ2n) is 5.23. The quantitative estimate of drug-likeness (QED) is 0.789. The average Bonchev–Trinajstić information content (AvgIpc) is 3.38. The van der Waals surface area contributed by atoms with E-state index in [1.165, 1.54) is 13.3 Å². The number of pyridine rings is 1. The van der Waals surface area contributed by atoms with Crippen LogP contribution in [0.3, 0.4) is 0 Å². The van der Waals surface area contributed by atoms with Crippen molar-refractivity contribution in [2.24, 2.45) is 0 Å². The normalized spacial score (nSPS) is 13.8. The molecule has 1 aliphatic carbocycles. The van der Waals surface area contributed by atoms with Gasteiger partial charge >= 0.3 is 0 Å². The molecule has 6 nitrogen and oxygen atoms in total. The number of carbonyl (C=O) groups excluding carboxylic acids is 1. The second kappa shape index (κ2) is 5.71. The van der Waals surface area contributed by atoms with Gasteiger partial charge in [0.2, 0.25) is 11.7 Å². The van der Waals surface area contributed by atoms with Crippen molar-refractivity contribution in [3.05, 3.63) is 41.1 Å². The topological polar surface area (TPSA) is 74.2 Å². The lowest BCUT2D eigenvalue weighted by molar-refractivity contribution is 0.102. The van der Waals surface area contributed by atoms with Gasteiger partial charge in [0.05, 0.1) is 26.1 Å². The van der Waals surface area contributed by atoms with E-state index in [0.717, 1.165) is 18.5 Å². The lowest BCUT2D eigenvalue weighted by Crippen LogP contribution is -2.13. The van der Waals surface area contributed by atoms with E-state index in [2.05, 4.69) is 15.0 Å². The highest BCUT2D eigenvalue weighted by molar-refractivity contribution is 6.10. The molecule has 0 N–H and O–H groups in total. The predicted molar refractivity (Wildman–Crippen MR) is 79.5 cm³/mol. The molecule has 2 heterocycles. The van der Waals surface area contributed by atoms with Crippen molar-refractivity contribution >= 4 is 5.78 Å². The number of ether oxygens (including phenoxy) is 2. The van der Waals surface area contributed by atoms with E-state index in [1.54, 1.807) is 26.2 Å². The predicted octanol–water partition coefficient (Wildman–Crippen LogP) is 2.31. The van der Waals surface area contributed by atoms with Crippen molar-refractivity contribution in [3.8, 4) is 11.6 Å². The Morgan fingerprint density at radius 3 is 2.50 bits per heavy atom. The summed E-state index contributed by atoms with van der Waals surface area (Å²) in [5.74, 6) is 1.62. The molecule has 1 aliphatic rings. The smallest absolute Gasteiger partial charge is 0.228 e. The van der Waals surface area contributed by atoms with Crippen LogP contribution < -0.4 is 9.47 Å². The molecule has 3 rings (SSSR count). The number of aromatic nitrogens is 3. The number of aryl methyl sites for hydroxylation is 1. The maximum atomic E-state index is 12.8. The number of carbonyl (C=O) groups is 1. The van der Waals surface area contributed by atoms with Gasteiger partial charge in [0, 0.05) is 5.92 Å². The molecule has 0 unspecified atom stereocenters. The summed E-state index contributed by atoms with van der Waals surface area (Å²) in [7, 11) is 3.07. The van der Waals surface area contributed by atoms with Crippen LogP contribution in [0.5, 0.6) is 11.6 Å². The number of nitrogens with zero attached hydrogens (tertiary/aromatic N) is 3. The molecule has 0 atom stereocenters. The van der Waals surface area contributed by atoms with Gasteiger partial charge in [0.15, 0.2) is 0 Å². The van der Waals surface area contributed by atoms with E-state index >= 15 is 0 Å². The lowest BCUT2D eigenvalue weighted by Gasteiger charge is -2.12.